The molecule has 3 heterocycles. The Balaban J connectivity index is 0.00000300. The van der Waals surface area contributed by atoms with Gasteiger partial charge in [-0.15, -0.1) is 35.3 Å². The van der Waals surface area contributed by atoms with Crippen molar-refractivity contribution in [3.63, 3.8) is 0 Å². The summed E-state index contributed by atoms with van der Waals surface area (Å²) in [6, 6.07) is 6.17. The summed E-state index contributed by atoms with van der Waals surface area (Å²) in [7, 11) is 3.96. The second-order valence-corrected chi connectivity index (χ2v) is 7.99. The number of thiophene rings is 1. The van der Waals surface area contributed by atoms with Gasteiger partial charge in [0.2, 0.25) is 5.95 Å². The quantitative estimate of drug-likeness (QED) is 0.246. The Morgan fingerprint density at radius 2 is 1.97 bits per heavy atom. The van der Waals surface area contributed by atoms with Crippen molar-refractivity contribution >= 4 is 47.2 Å². The molecule has 7 nitrogen and oxygen atoms in total. The molecule has 3 rings (SSSR count). The first kappa shape index (κ1) is 23.8. The van der Waals surface area contributed by atoms with Gasteiger partial charge in [0.1, 0.15) is 0 Å². The number of anilines is 1. The number of guanidine groups is 1. The molecule has 160 valence electrons. The largest absolute Gasteiger partial charge is 0.356 e. The summed E-state index contributed by atoms with van der Waals surface area (Å²) < 4.78 is 0. The summed E-state index contributed by atoms with van der Waals surface area (Å²) in [6.07, 6.45) is 5.79. The van der Waals surface area contributed by atoms with E-state index in [-0.39, 0.29) is 24.0 Å². The SMILES string of the molecule is CN=C(NCCCN1CCN(c2ncccn2)CC1)N(C)CCc1cccs1.I. The standard InChI is InChI=1S/C20H31N7S.HI/c1-21-19(25(2)12-7-18-6-3-17-28-18)22-10-5-11-26-13-15-27(16-14-26)20-23-8-4-9-24-20;/h3-4,6,8-9,17H,5,7,10-16H2,1-2H3,(H,21,22);1H. The number of aliphatic imine (C=N–C) groups is 1. The molecule has 1 aliphatic rings. The fraction of sp³-hybridized carbons (Fsp3) is 0.550. The topological polar surface area (TPSA) is 59.9 Å². The van der Waals surface area contributed by atoms with Crippen molar-refractivity contribution in [3.05, 3.63) is 40.8 Å². The predicted octanol–water partition coefficient (Wildman–Crippen LogP) is 2.42. The van der Waals surface area contributed by atoms with Crippen LogP contribution in [-0.2, 0) is 6.42 Å². The summed E-state index contributed by atoms with van der Waals surface area (Å²) in [5, 5.41) is 5.63. The molecule has 2 aromatic rings. The van der Waals surface area contributed by atoms with Gasteiger partial charge in [0.05, 0.1) is 0 Å². The second-order valence-electron chi connectivity index (χ2n) is 6.96. The average Bonchev–Trinajstić information content (AvgIpc) is 3.27. The van der Waals surface area contributed by atoms with E-state index in [0.717, 1.165) is 70.6 Å². The van der Waals surface area contributed by atoms with Crippen molar-refractivity contribution < 1.29 is 0 Å². The van der Waals surface area contributed by atoms with Gasteiger partial charge in [-0.25, -0.2) is 9.97 Å². The average molecular weight is 529 g/mol. The van der Waals surface area contributed by atoms with Gasteiger partial charge in [-0.2, -0.15) is 0 Å². The van der Waals surface area contributed by atoms with Crippen molar-refractivity contribution in [3.8, 4) is 0 Å². The fourth-order valence-electron chi connectivity index (χ4n) is 3.35. The Labute approximate surface area is 195 Å². The van der Waals surface area contributed by atoms with Gasteiger partial charge in [0.25, 0.3) is 0 Å². The normalized spacial score (nSPS) is 15.1. The molecule has 9 heteroatoms. The number of halogens is 1. The third-order valence-electron chi connectivity index (χ3n) is 4.99. The van der Waals surface area contributed by atoms with Gasteiger partial charge >= 0.3 is 0 Å². The van der Waals surface area contributed by atoms with Gasteiger partial charge in [-0.3, -0.25) is 9.89 Å². The van der Waals surface area contributed by atoms with Crippen LogP contribution in [0.25, 0.3) is 0 Å². The molecule has 1 saturated heterocycles. The number of nitrogens with zero attached hydrogens (tertiary/aromatic N) is 6. The third kappa shape index (κ3) is 7.71. The van der Waals surface area contributed by atoms with Crippen LogP contribution in [0.5, 0.6) is 0 Å². The van der Waals surface area contributed by atoms with E-state index in [1.807, 2.05) is 36.8 Å². The third-order valence-corrected chi connectivity index (χ3v) is 5.92. The molecule has 0 aromatic carbocycles. The van der Waals surface area contributed by atoms with E-state index in [4.69, 9.17) is 0 Å². The van der Waals surface area contributed by atoms with Gasteiger partial charge < -0.3 is 15.1 Å². The smallest absolute Gasteiger partial charge is 0.225 e. The molecule has 0 amide bonds. The molecule has 0 aliphatic carbocycles. The lowest BCUT2D eigenvalue weighted by Gasteiger charge is -2.34. The molecule has 1 fully saturated rings. The molecule has 0 bridgehead atoms. The molecule has 1 N–H and O–H groups in total. The number of piperazine rings is 1. The molecular formula is C20H32IN7S. The Bertz CT molecular complexity index is 703. The maximum absolute atomic E-state index is 4.42. The minimum Gasteiger partial charge on any atom is -0.356 e. The highest BCUT2D eigenvalue weighted by atomic mass is 127. The molecule has 29 heavy (non-hydrogen) atoms. The van der Waals surface area contributed by atoms with Crippen LogP contribution >= 0.6 is 35.3 Å². The molecule has 0 radical (unpaired) electrons. The number of nitrogens with one attached hydrogen (secondary N) is 1. The molecular weight excluding hydrogens is 497 g/mol. The molecule has 1 aliphatic heterocycles. The minimum absolute atomic E-state index is 0. The summed E-state index contributed by atoms with van der Waals surface area (Å²) in [5.41, 5.74) is 0. The van der Waals surface area contributed by atoms with Crippen molar-refractivity contribution in [2.45, 2.75) is 12.8 Å². The first-order chi connectivity index (χ1) is 13.8. The summed E-state index contributed by atoms with van der Waals surface area (Å²) in [5.74, 6) is 1.82. The zero-order valence-electron chi connectivity index (χ0n) is 17.3. The zero-order chi connectivity index (χ0) is 19.6. The van der Waals surface area contributed by atoms with Crippen LogP contribution in [0.3, 0.4) is 0 Å². The number of hydrogen-bond donors (Lipinski definition) is 1. The first-order valence-electron chi connectivity index (χ1n) is 9.95. The van der Waals surface area contributed by atoms with E-state index in [9.17, 15) is 0 Å². The Morgan fingerprint density at radius 1 is 1.21 bits per heavy atom. The fourth-order valence-corrected chi connectivity index (χ4v) is 4.05. The maximum atomic E-state index is 4.42. The Hall–Kier alpha value is -1.46. The molecule has 0 unspecified atom stereocenters. The minimum atomic E-state index is 0. The van der Waals surface area contributed by atoms with Crippen molar-refractivity contribution in [2.75, 3.05) is 64.8 Å². The summed E-state index contributed by atoms with van der Waals surface area (Å²) in [4.78, 5) is 21.5. The van der Waals surface area contributed by atoms with Crippen LogP contribution in [0.4, 0.5) is 5.95 Å². The lowest BCUT2D eigenvalue weighted by atomic mass is 10.3. The molecule has 0 spiro atoms. The van der Waals surface area contributed by atoms with E-state index < -0.39 is 0 Å². The number of aromatic nitrogens is 2. The number of hydrogen-bond acceptors (Lipinski definition) is 6. The van der Waals surface area contributed by atoms with E-state index >= 15 is 0 Å². The van der Waals surface area contributed by atoms with E-state index in [2.05, 4.69) is 59.5 Å². The van der Waals surface area contributed by atoms with Gasteiger partial charge in [0, 0.05) is 70.6 Å². The molecule has 2 aromatic heterocycles. The second kappa shape index (κ2) is 13.0. The van der Waals surface area contributed by atoms with Crippen LogP contribution in [0.1, 0.15) is 11.3 Å². The maximum Gasteiger partial charge on any atom is 0.225 e. The van der Waals surface area contributed by atoms with Gasteiger partial charge in [-0.05, 0) is 36.9 Å². The monoisotopic (exact) mass is 529 g/mol. The molecule has 0 atom stereocenters. The van der Waals surface area contributed by atoms with E-state index in [1.54, 1.807) is 0 Å². The Morgan fingerprint density at radius 3 is 2.62 bits per heavy atom. The summed E-state index contributed by atoms with van der Waals surface area (Å²) in [6.45, 7) is 7.13. The van der Waals surface area contributed by atoms with Crippen molar-refractivity contribution in [1.29, 1.82) is 0 Å². The van der Waals surface area contributed by atoms with Gasteiger partial charge in [-0.1, -0.05) is 6.07 Å². The lowest BCUT2D eigenvalue weighted by molar-refractivity contribution is 0.254. The number of rotatable bonds is 8. The predicted molar refractivity (Wildman–Crippen MR) is 133 cm³/mol. The van der Waals surface area contributed by atoms with Crippen LogP contribution < -0.4 is 10.2 Å². The van der Waals surface area contributed by atoms with Crippen molar-refractivity contribution in [2.24, 2.45) is 4.99 Å². The Kier molecular flexibility index (Phi) is 10.6. The van der Waals surface area contributed by atoms with Crippen LogP contribution in [-0.4, -0.2) is 85.6 Å². The molecule has 0 saturated carbocycles. The van der Waals surface area contributed by atoms with Crippen LogP contribution in [0.15, 0.2) is 41.0 Å². The van der Waals surface area contributed by atoms with Crippen LogP contribution in [0, 0.1) is 0 Å². The highest BCUT2D eigenvalue weighted by molar-refractivity contribution is 14.0. The highest BCUT2D eigenvalue weighted by Crippen LogP contribution is 2.10. The van der Waals surface area contributed by atoms with Gasteiger partial charge in [0.15, 0.2) is 5.96 Å². The number of likely N-dealkylation sites (N-methyl/N-ethyl adjacent to an activating group) is 1. The highest BCUT2D eigenvalue weighted by Gasteiger charge is 2.18. The van der Waals surface area contributed by atoms with Crippen molar-refractivity contribution in [1.82, 2.24) is 25.1 Å². The van der Waals surface area contributed by atoms with E-state index in [1.165, 1.54) is 4.88 Å². The lowest BCUT2D eigenvalue weighted by Crippen LogP contribution is -2.47. The summed E-state index contributed by atoms with van der Waals surface area (Å²) >= 11 is 1.82. The van der Waals surface area contributed by atoms with E-state index in [0.29, 0.717) is 0 Å². The van der Waals surface area contributed by atoms with Crippen LogP contribution in [0.2, 0.25) is 0 Å². The zero-order valence-corrected chi connectivity index (χ0v) is 20.5. The first-order valence-corrected chi connectivity index (χ1v) is 10.8.